The van der Waals surface area contributed by atoms with Crippen molar-refractivity contribution in [2.75, 3.05) is 13.2 Å². The molecule has 2 aliphatic heterocycles. The van der Waals surface area contributed by atoms with E-state index in [1.165, 1.54) is 0 Å². The third kappa shape index (κ3) is 1.51. The Labute approximate surface area is 79.0 Å². The van der Waals surface area contributed by atoms with Gasteiger partial charge in [-0.3, -0.25) is 9.69 Å². The number of hydrogen-bond donors (Lipinski definition) is 0. The molecule has 2 fully saturated rings. The van der Waals surface area contributed by atoms with Crippen LogP contribution < -0.4 is 0 Å². The van der Waals surface area contributed by atoms with Gasteiger partial charge in [-0.2, -0.15) is 0 Å². The van der Waals surface area contributed by atoms with Gasteiger partial charge in [0.05, 0.1) is 18.8 Å². The van der Waals surface area contributed by atoms with Gasteiger partial charge in [0.15, 0.2) is 0 Å². The molecule has 0 saturated carbocycles. The number of nitrogens with zero attached hydrogens (tertiary/aromatic N) is 1. The van der Waals surface area contributed by atoms with Gasteiger partial charge >= 0.3 is 0 Å². The molecular weight excluding hydrogens is 166 g/mol. The summed E-state index contributed by atoms with van der Waals surface area (Å²) in [5.74, 6) is 0.354. The number of ether oxygens (including phenoxy) is 1. The van der Waals surface area contributed by atoms with E-state index in [1.54, 1.807) is 0 Å². The zero-order chi connectivity index (χ0) is 9.42. The maximum atomic E-state index is 11.5. The van der Waals surface area contributed by atoms with Crippen molar-refractivity contribution < 1.29 is 9.53 Å². The molecule has 74 valence electrons. The topological polar surface area (TPSA) is 29.5 Å². The Morgan fingerprint density at radius 1 is 1.69 bits per heavy atom. The lowest BCUT2D eigenvalue weighted by Gasteiger charge is -2.31. The molecule has 3 atom stereocenters. The summed E-state index contributed by atoms with van der Waals surface area (Å²) < 4.78 is 5.49. The molecule has 3 unspecified atom stereocenters. The number of rotatable bonds is 3. The Morgan fingerprint density at radius 2 is 2.46 bits per heavy atom. The Hall–Kier alpha value is -0.410. The minimum atomic E-state index is 0.101. The summed E-state index contributed by atoms with van der Waals surface area (Å²) in [7, 11) is 0. The van der Waals surface area contributed by atoms with Gasteiger partial charge < -0.3 is 4.74 Å². The molecule has 0 spiro atoms. The highest BCUT2D eigenvalue weighted by molar-refractivity contribution is 5.83. The Balaban J connectivity index is 1.98. The third-order valence-corrected chi connectivity index (χ3v) is 3.25. The predicted octanol–water partition coefficient (Wildman–Crippen LogP) is 0.827. The van der Waals surface area contributed by atoms with Crippen LogP contribution in [0.4, 0.5) is 0 Å². The minimum Gasteiger partial charge on any atom is -0.375 e. The van der Waals surface area contributed by atoms with Crippen LogP contribution in [0.5, 0.6) is 0 Å². The van der Waals surface area contributed by atoms with Crippen molar-refractivity contribution in [2.45, 2.75) is 44.9 Å². The lowest BCUT2D eigenvalue weighted by Crippen LogP contribution is -2.46. The molecule has 2 heterocycles. The van der Waals surface area contributed by atoms with E-state index < -0.39 is 0 Å². The van der Waals surface area contributed by atoms with E-state index in [0.717, 1.165) is 19.6 Å². The van der Waals surface area contributed by atoms with E-state index in [1.807, 2.05) is 13.8 Å². The summed E-state index contributed by atoms with van der Waals surface area (Å²) in [5, 5.41) is 0. The Kier molecular flexibility index (Phi) is 2.39. The predicted molar refractivity (Wildman–Crippen MR) is 49.6 cm³/mol. The fraction of sp³-hybridized carbons (Fsp3) is 0.900. The van der Waals surface area contributed by atoms with Crippen molar-refractivity contribution in [1.29, 1.82) is 0 Å². The normalized spacial score (nSPS) is 35.2. The summed E-state index contributed by atoms with van der Waals surface area (Å²) in [6.07, 6.45) is 2.18. The third-order valence-electron chi connectivity index (χ3n) is 3.25. The van der Waals surface area contributed by atoms with Crippen molar-refractivity contribution in [1.82, 2.24) is 4.90 Å². The molecule has 0 radical (unpaired) electrons. The summed E-state index contributed by atoms with van der Waals surface area (Å²) in [6, 6.07) is 0.611. The average Bonchev–Trinajstić information content (AvgIpc) is 2.76. The first-order valence-corrected chi connectivity index (χ1v) is 5.12. The van der Waals surface area contributed by atoms with Crippen LogP contribution in [0.3, 0.4) is 0 Å². The Morgan fingerprint density at radius 3 is 2.92 bits per heavy atom. The molecule has 2 saturated heterocycles. The number of fused-ring (bicyclic) bond motifs is 2. The summed E-state index contributed by atoms with van der Waals surface area (Å²) >= 11 is 0. The molecule has 0 N–H and O–H groups in total. The molecule has 3 nitrogen and oxygen atoms in total. The number of carbonyl (C=O) groups excluding carboxylic acids is 1. The highest BCUT2D eigenvalue weighted by Crippen LogP contribution is 2.29. The molecular formula is C10H17NO2. The molecule has 13 heavy (non-hydrogen) atoms. The number of likely N-dealkylation sites (tertiary alicyclic amines) is 1. The van der Waals surface area contributed by atoms with Gasteiger partial charge in [-0.05, 0) is 13.3 Å². The second kappa shape index (κ2) is 3.39. The van der Waals surface area contributed by atoms with Crippen molar-refractivity contribution in [3.05, 3.63) is 0 Å². The molecule has 2 bridgehead atoms. The first-order chi connectivity index (χ1) is 6.22. The zero-order valence-corrected chi connectivity index (χ0v) is 8.32. The SMILES string of the molecule is CCC(=O)C(C)N1CC2CC1CO2. The summed E-state index contributed by atoms with van der Waals surface area (Å²) in [6.45, 7) is 5.74. The molecule has 2 aliphatic rings. The average molecular weight is 183 g/mol. The molecule has 3 heteroatoms. The quantitative estimate of drug-likeness (QED) is 0.649. The first-order valence-electron chi connectivity index (χ1n) is 5.12. The standard InChI is InChI=1S/C10H17NO2/c1-3-10(12)7(2)11-5-9-4-8(11)6-13-9/h7-9H,3-6H2,1-2H3. The lowest BCUT2D eigenvalue weighted by molar-refractivity contribution is -0.125. The molecule has 0 amide bonds. The van der Waals surface area contributed by atoms with Gasteiger partial charge in [0, 0.05) is 19.0 Å². The van der Waals surface area contributed by atoms with Crippen molar-refractivity contribution >= 4 is 5.78 Å². The van der Waals surface area contributed by atoms with Crippen LogP contribution in [0.2, 0.25) is 0 Å². The van der Waals surface area contributed by atoms with Crippen molar-refractivity contribution in [3.8, 4) is 0 Å². The van der Waals surface area contributed by atoms with E-state index >= 15 is 0 Å². The van der Waals surface area contributed by atoms with Crippen LogP contribution in [-0.4, -0.2) is 42.0 Å². The fourth-order valence-corrected chi connectivity index (χ4v) is 2.38. The molecule has 0 aromatic carbocycles. The zero-order valence-electron chi connectivity index (χ0n) is 8.32. The highest BCUT2D eigenvalue weighted by atomic mass is 16.5. The van der Waals surface area contributed by atoms with Crippen LogP contribution in [0.15, 0.2) is 0 Å². The van der Waals surface area contributed by atoms with Crippen molar-refractivity contribution in [2.24, 2.45) is 0 Å². The number of ketones is 1. The minimum absolute atomic E-state index is 0.101. The van der Waals surface area contributed by atoms with Crippen LogP contribution in [0.25, 0.3) is 0 Å². The van der Waals surface area contributed by atoms with Crippen LogP contribution in [0, 0.1) is 0 Å². The number of carbonyl (C=O) groups is 1. The molecule has 0 aliphatic carbocycles. The van der Waals surface area contributed by atoms with Gasteiger partial charge in [-0.25, -0.2) is 0 Å². The summed E-state index contributed by atoms with van der Waals surface area (Å²) in [5.41, 5.74) is 0. The second-order valence-corrected chi connectivity index (χ2v) is 4.04. The van der Waals surface area contributed by atoms with Gasteiger partial charge in [0.25, 0.3) is 0 Å². The first kappa shape index (κ1) is 9.16. The van der Waals surface area contributed by atoms with Gasteiger partial charge in [0.2, 0.25) is 0 Å². The largest absolute Gasteiger partial charge is 0.375 e. The maximum absolute atomic E-state index is 11.5. The second-order valence-electron chi connectivity index (χ2n) is 4.04. The fourth-order valence-electron chi connectivity index (χ4n) is 2.38. The monoisotopic (exact) mass is 183 g/mol. The van der Waals surface area contributed by atoms with E-state index in [9.17, 15) is 4.79 Å². The smallest absolute Gasteiger partial charge is 0.149 e. The summed E-state index contributed by atoms with van der Waals surface area (Å²) in [4.78, 5) is 13.8. The molecule has 0 aromatic heterocycles. The van der Waals surface area contributed by atoms with Crippen molar-refractivity contribution in [3.63, 3.8) is 0 Å². The number of morpholine rings is 1. The van der Waals surface area contributed by atoms with Crippen LogP contribution >= 0.6 is 0 Å². The van der Waals surface area contributed by atoms with E-state index in [4.69, 9.17) is 4.74 Å². The van der Waals surface area contributed by atoms with E-state index in [0.29, 0.717) is 24.3 Å². The number of hydrogen-bond acceptors (Lipinski definition) is 3. The van der Waals surface area contributed by atoms with E-state index in [2.05, 4.69) is 4.90 Å². The van der Waals surface area contributed by atoms with Gasteiger partial charge in [-0.15, -0.1) is 0 Å². The van der Waals surface area contributed by atoms with Crippen LogP contribution in [0.1, 0.15) is 26.7 Å². The van der Waals surface area contributed by atoms with Gasteiger partial charge in [0.1, 0.15) is 5.78 Å². The van der Waals surface area contributed by atoms with Gasteiger partial charge in [-0.1, -0.05) is 6.92 Å². The highest BCUT2D eigenvalue weighted by Gasteiger charge is 2.42. The molecule has 0 aromatic rings. The lowest BCUT2D eigenvalue weighted by atomic mass is 10.1. The number of Topliss-reactive ketones (excluding diaryl/α,β-unsaturated/α-hetero) is 1. The van der Waals surface area contributed by atoms with Crippen LogP contribution in [-0.2, 0) is 9.53 Å². The Bertz CT molecular complexity index is 217. The molecule has 2 rings (SSSR count). The maximum Gasteiger partial charge on any atom is 0.149 e. The van der Waals surface area contributed by atoms with E-state index in [-0.39, 0.29) is 6.04 Å².